The summed E-state index contributed by atoms with van der Waals surface area (Å²) in [5.41, 5.74) is 2.28. The van der Waals surface area contributed by atoms with Crippen molar-refractivity contribution < 1.29 is 4.79 Å². The summed E-state index contributed by atoms with van der Waals surface area (Å²) < 4.78 is 3.18. The number of carbonyl (C=O) groups excluding carboxylic acids is 1. The Morgan fingerprint density at radius 1 is 1.15 bits per heavy atom. The van der Waals surface area contributed by atoms with Crippen molar-refractivity contribution in [3.05, 3.63) is 53.3 Å². The molecule has 2 aliphatic rings. The molecule has 13 nitrogen and oxygen atoms in total. The normalized spacial score (nSPS) is 15.2. The summed E-state index contributed by atoms with van der Waals surface area (Å²) in [7, 11) is 0. The van der Waals surface area contributed by atoms with E-state index < -0.39 is 0 Å². The Kier molecular flexibility index (Phi) is 6.34. The highest BCUT2D eigenvalue weighted by Gasteiger charge is 2.26. The van der Waals surface area contributed by atoms with Crippen molar-refractivity contribution >= 4 is 46.3 Å². The topological polar surface area (TPSA) is 156 Å². The van der Waals surface area contributed by atoms with Crippen LogP contribution in [0.15, 0.2) is 37.1 Å². The van der Waals surface area contributed by atoms with Crippen LogP contribution in [0.2, 0.25) is 5.02 Å². The largest absolute Gasteiger partial charge is 0.367 e. The Morgan fingerprint density at radius 2 is 1.97 bits per heavy atom. The van der Waals surface area contributed by atoms with Crippen molar-refractivity contribution in [2.75, 3.05) is 41.7 Å². The van der Waals surface area contributed by atoms with E-state index in [1.165, 1.54) is 10.7 Å². The van der Waals surface area contributed by atoms with E-state index in [9.17, 15) is 15.3 Å². The maximum absolute atomic E-state index is 12.7. The van der Waals surface area contributed by atoms with Gasteiger partial charge in [0.15, 0.2) is 17.2 Å². The number of halogens is 1. The molecule has 1 saturated carbocycles. The minimum atomic E-state index is 0.0197. The van der Waals surface area contributed by atoms with E-state index in [-0.39, 0.29) is 24.1 Å². The number of rotatable bonds is 7. The Bertz CT molecular complexity index is 1620. The zero-order chi connectivity index (χ0) is 26.9. The van der Waals surface area contributed by atoms with Crippen molar-refractivity contribution in [1.29, 1.82) is 10.5 Å². The van der Waals surface area contributed by atoms with Gasteiger partial charge in [0.25, 0.3) is 0 Å². The molecule has 1 aromatic carbocycles. The van der Waals surface area contributed by atoms with Gasteiger partial charge < -0.3 is 25.0 Å². The van der Waals surface area contributed by atoms with Crippen LogP contribution in [0.1, 0.15) is 24.1 Å². The number of hydrogen-bond donors (Lipinski definition) is 2. The molecule has 1 amide bonds. The second-order valence-electron chi connectivity index (χ2n) is 9.39. The van der Waals surface area contributed by atoms with Crippen LogP contribution >= 0.6 is 11.6 Å². The number of nitrogens with one attached hydrogen (secondary N) is 2. The number of nitriles is 2. The van der Waals surface area contributed by atoms with Gasteiger partial charge in [-0.1, -0.05) is 11.6 Å². The molecule has 39 heavy (non-hydrogen) atoms. The number of fused-ring (bicyclic) bond motifs is 1. The molecule has 0 unspecified atom stereocenters. The molecule has 1 aliphatic carbocycles. The van der Waals surface area contributed by atoms with Crippen LogP contribution in [0.25, 0.3) is 5.65 Å². The number of nitrogens with zero attached hydrogens (tertiary/aromatic N) is 10. The van der Waals surface area contributed by atoms with Gasteiger partial charge in [0.2, 0.25) is 11.9 Å². The molecule has 196 valence electrons. The van der Waals surface area contributed by atoms with Gasteiger partial charge in [0.1, 0.15) is 12.6 Å². The summed E-state index contributed by atoms with van der Waals surface area (Å²) in [6.07, 6.45) is 8.55. The third-order valence-electron chi connectivity index (χ3n) is 6.67. The third-order valence-corrected chi connectivity index (χ3v) is 7.07. The maximum Gasteiger partial charge on any atom is 0.247 e. The van der Waals surface area contributed by atoms with Crippen molar-refractivity contribution in [2.24, 2.45) is 0 Å². The summed E-state index contributed by atoms with van der Waals surface area (Å²) in [4.78, 5) is 29.4. The van der Waals surface area contributed by atoms with E-state index in [1.807, 2.05) is 4.90 Å². The molecule has 0 atom stereocenters. The molecule has 4 aromatic rings. The van der Waals surface area contributed by atoms with Gasteiger partial charge in [-0.15, -0.1) is 5.10 Å². The first-order valence-electron chi connectivity index (χ1n) is 12.4. The molecule has 1 saturated heterocycles. The fourth-order valence-electron chi connectivity index (χ4n) is 4.48. The minimum Gasteiger partial charge on any atom is -0.367 e. The van der Waals surface area contributed by atoms with Crippen molar-refractivity contribution in [2.45, 2.75) is 25.4 Å². The molecular formula is C25H23ClN12O. The van der Waals surface area contributed by atoms with Crippen LogP contribution in [0, 0.1) is 22.7 Å². The molecule has 1 aliphatic heterocycles. The predicted octanol–water partition coefficient (Wildman–Crippen LogP) is 2.38. The van der Waals surface area contributed by atoms with Gasteiger partial charge in [-0.2, -0.15) is 20.0 Å². The number of anilines is 4. The Morgan fingerprint density at radius 3 is 2.67 bits per heavy atom. The fourth-order valence-corrected chi connectivity index (χ4v) is 4.75. The zero-order valence-corrected chi connectivity index (χ0v) is 21.5. The number of amides is 1. The van der Waals surface area contributed by atoms with Crippen molar-refractivity contribution in [3.8, 4) is 12.1 Å². The average molecular weight is 543 g/mol. The zero-order valence-electron chi connectivity index (χ0n) is 20.7. The standard InChI is InChI=1S/C25H23ClN12O/c26-22-19(32-25-33-23(31-17-1-2-17)24-30-13-18(12-28)38(24)34-25)9-16(11-27)10-20(22)36-5-7-37(8-6-36)21(39)14-35-4-3-29-15-35/h3-4,9-10,13,15,17H,1-2,5-8,14H2,(H2,31,32,33,34). The third kappa shape index (κ3) is 5.00. The molecule has 2 N–H and O–H groups in total. The van der Waals surface area contributed by atoms with E-state index in [2.05, 4.69) is 47.7 Å². The van der Waals surface area contributed by atoms with Gasteiger partial charge in [0.05, 0.1) is 40.6 Å². The molecule has 0 bridgehead atoms. The Balaban J connectivity index is 1.24. The summed E-state index contributed by atoms with van der Waals surface area (Å²) in [6.45, 7) is 2.41. The number of hydrogen-bond acceptors (Lipinski definition) is 10. The second-order valence-corrected chi connectivity index (χ2v) is 9.77. The van der Waals surface area contributed by atoms with Gasteiger partial charge in [-0.05, 0) is 25.0 Å². The summed E-state index contributed by atoms with van der Waals surface area (Å²) in [6, 6.07) is 7.96. The summed E-state index contributed by atoms with van der Waals surface area (Å²) in [5.74, 6) is 0.741. The van der Waals surface area contributed by atoms with Gasteiger partial charge in [-0.3, -0.25) is 4.79 Å². The van der Waals surface area contributed by atoms with E-state index in [4.69, 9.17) is 11.6 Å². The second kappa shape index (κ2) is 10.1. The van der Waals surface area contributed by atoms with Crippen LogP contribution in [-0.4, -0.2) is 72.2 Å². The molecule has 0 radical (unpaired) electrons. The highest BCUT2D eigenvalue weighted by atomic mass is 35.5. The highest BCUT2D eigenvalue weighted by Crippen LogP contribution is 2.36. The van der Waals surface area contributed by atoms with Gasteiger partial charge in [-0.25, -0.2) is 9.97 Å². The van der Waals surface area contributed by atoms with Crippen LogP contribution in [-0.2, 0) is 11.3 Å². The number of aromatic nitrogens is 6. The molecule has 0 spiro atoms. The first-order chi connectivity index (χ1) is 19.0. The van der Waals surface area contributed by atoms with Crippen LogP contribution in [0.5, 0.6) is 0 Å². The van der Waals surface area contributed by atoms with Gasteiger partial charge in [0, 0.05) is 44.6 Å². The molecule has 2 fully saturated rings. The van der Waals surface area contributed by atoms with Crippen LogP contribution in [0.3, 0.4) is 0 Å². The van der Waals surface area contributed by atoms with E-state index >= 15 is 0 Å². The summed E-state index contributed by atoms with van der Waals surface area (Å²) in [5, 5.41) is 30.5. The van der Waals surface area contributed by atoms with E-state index in [0.29, 0.717) is 65.6 Å². The predicted molar refractivity (Wildman–Crippen MR) is 143 cm³/mol. The smallest absolute Gasteiger partial charge is 0.247 e. The number of piperazine rings is 1. The lowest BCUT2D eigenvalue weighted by Gasteiger charge is -2.37. The van der Waals surface area contributed by atoms with Crippen LogP contribution in [0.4, 0.5) is 23.1 Å². The first kappa shape index (κ1) is 24.5. The number of benzene rings is 1. The summed E-state index contributed by atoms with van der Waals surface area (Å²) >= 11 is 6.86. The molecular weight excluding hydrogens is 520 g/mol. The molecule has 6 rings (SSSR count). The minimum absolute atomic E-state index is 0.0197. The average Bonchev–Trinajstić information content (AvgIpc) is 3.43. The highest BCUT2D eigenvalue weighted by molar-refractivity contribution is 6.36. The van der Waals surface area contributed by atoms with Crippen molar-refractivity contribution in [1.82, 2.24) is 34.0 Å². The lowest BCUT2D eigenvalue weighted by atomic mass is 10.1. The molecule has 3 aromatic heterocycles. The van der Waals surface area contributed by atoms with E-state index in [1.54, 1.807) is 35.4 Å². The lowest BCUT2D eigenvalue weighted by molar-refractivity contribution is -0.132. The lowest BCUT2D eigenvalue weighted by Crippen LogP contribution is -2.49. The molecule has 14 heteroatoms. The van der Waals surface area contributed by atoms with Gasteiger partial charge >= 0.3 is 0 Å². The maximum atomic E-state index is 12.7. The number of imidazole rings is 2. The van der Waals surface area contributed by atoms with Crippen LogP contribution < -0.4 is 15.5 Å². The molecule has 4 heterocycles. The van der Waals surface area contributed by atoms with Crippen molar-refractivity contribution in [3.63, 3.8) is 0 Å². The monoisotopic (exact) mass is 542 g/mol. The first-order valence-corrected chi connectivity index (χ1v) is 12.8. The Hall–Kier alpha value is -4.88. The Labute approximate surface area is 228 Å². The fraction of sp³-hybridized carbons (Fsp3) is 0.320. The van der Waals surface area contributed by atoms with E-state index in [0.717, 1.165) is 12.8 Å². The SMILES string of the molecule is N#Cc1cc(Nc2nc(NC3CC3)c3ncc(C#N)n3n2)c(Cl)c(N2CCN(C(=O)Cn3ccnc3)CC2)c1. The quantitative estimate of drug-likeness (QED) is 0.355. The number of carbonyl (C=O) groups is 1.